The van der Waals surface area contributed by atoms with E-state index in [0.717, 1.165) is 12.8 Å². The summed E-state index contributed by atoms with van der Waals surface area (Å²) < 4.78 is 6.61. The summed E-state index contributed by atoms with van der Waals surface area (Å²) in [6, 6.07) is 10.8. The number of amides is 1. The third kappa shape index (κ3) is 2.81. The minimum Gasteiger partial charge on any atom is -0.496 e. The molecule has 1 aromatic heterocycles. The van der Waals surface area contributed by atoms with Crippen molar-refractivity contribution in [3.8, 4) is 11.4 Å². The Kier molecular flexibility index (Phi) is 3.48. The van der Waals surface area contributed by atoms with Crippen molar-refractivity contribution < 1.29 is 9.53 Å². The van der Waals surface area contributed by atoms with Crippen LogP contribution in [0.5, 0.6) is 5.75 Å². The summed E-state index contributed by atoms with van der Waals surface area (Å²) in [5, 5.41) is 2.91. The Morgan fingerprint density at radius 2 is 2.00 bits per heavy atom. The molecule has 0 unspecified atom stereocenters. The smallest absolute Gasteiger partial charge is 0.258 e. The number of benzene rings is 1. The van der Waals surface area contributed by atoms with Gasteiger partial charge in [0, 0.05) is 24.0 Å². The van der Waals surface area contributed by atoms with Crippen molar-refractivity contribution in [1.29, 1.82) is 0 Å². The molecular formula is C16H16N2O3. The highest BCUT2D eigenvalue weighted by atomic mass is 16.5. The number of hydrogen-bond acceptors (Lipinski definition) is 3. The summed E-state index contributed by atoms with van der Waals surface area (Å²) in [5.41, 5.74) is 0.847. The van der Waals surface area contributed by atoms with Crippen molar-refractivity contribution in [2.24, 2.45) is 0 Å². The molecule has 1 aliphatic carbocycles. The number of rotatable bonds is 4. The number of methoxy groups -OCH3 is 1. The number of para-hydroxylation sites is 1. The number of carbonyl (C=O) groups is 1. The van der Waals surface area contributed by atoms with E-state index in [1.54, 1.807) is 0 Å². The van der Waals surface area contributed by atoms with Crippen LogP contribution in [0.25, 0.3) is 5.69 Å². The molecule has 1 aromatic carbocycles. The lowest BCUT2D eigenvalue weighted by atomic mass is 10.2. The quantitative estimate of drug-likeness (QED) is 0.930. The first-order valence-electron chi connectivity index (χ1n) is 6.86. The van der Waals surface area contributed by atoms with E-state index in [0.29, 0.717) is 17.0 Å². The third-order valence-corrected chi connectivity index (χ3v) is 3.43. The van der Waals surface area contributed by atoms with Gasteiger partial charge in [-0.2, -0.15) is 0 Å². The van der Waals surface area contributed by atoms with Crippen molar-refractivity contribution in [2.45, 2.75) is 18.9 Å². The molecule has 1 aliphatic rings. The Labute approximate surface area is 122 Å². The van der Waals surface area contributed by atoms with Crippen LogP contribution in [0.15, 0.2) is 47.4 Å². The number of hydrogen-bond donors (Lipinski definition) is 1. The molecule has 5 nitrogen and oxygen atoms in total. The fraction of sp³-hybridized carbons (Fsp3) is 0.250. The first-order chi connectivity index (χ1) is 10.2. The molecule has 1 N–H and O–H groups in total. The summed E-state index contributed by atoms with van der Waals surface area (Å²) in [5.74, 6) is 0.0874. The summed E-state index contributed by atoms with van der Waals surface area (Å²) in [6.07, 6.45) is 3.55. The monoisotopic (exact) mass is 284 g/mol. The number of aromatic nitrogens is 1. The van der Waals surface area contributed by atoms with E-state index in [-0.39, 0.29) is 17.5 Å². The maximum atomic E-state index is 12.3. The fourth-order valence-electron chi connectivity index (χ4n) is 2.14. The molecule has 3 rings (SSSR count). The standard InChI is InChI=1S/C16H16N2O3/c1-21-14-9-15(19)18(12-5-3-2-4-6-12)10-13(14)16(20)17-11-7-8-11/h2-6,9-11H,7-8H2,1H3,(H,17,20). The van der Waals surface area contributed by atoms with Crippen LogP contribution in [0.2, 0.25) is 0 Å². The van der Waals surface area contributed by atoms with Crippen LogP contribution in [-0.2, 0) is 0 Å². The van der Waals surface area contributed by atoms with Crippen LogP contribution in [0.4, 0.5) is 0 Å². The van der Waals surface area contributed by atoms with Crippen molar-refractivity contribution in [1.82, 2.24) is 9.88 Å². The molecule has 0 spiro atoms. The van der Waals surface area contributed by atoms with Crippen LogP contribution >= 0.6 is 0 Å². The lowest BCUT2D eigenvalue weighted by Crippen LogP contribution is -2.28. The van der Waals surface area contributed by atoms with Crippen molar-refractivity contribution in [2.75, 3.05) is 7.11 Å². The lowest BCUT2D eigenvalue weighted by molar-refractivity contribution is 0.0947. The molecule has 0 bridgehead atoms. The van der Waals surface area contributed by atoms with E-state index in [4.69, 9.17) is 4.74 Å². The predicted octanol–water partition coefficient (Wildman–Crippen LogP) is 1.74. The van der Waals surface area contributed by atoms with Crippen LogP contribution in [-0.4, -0.2) is 23.6 Å². The van der Waals surface area contributed by atoms with Gasteiger partial charge in [-0.05, 0) is 25.0 Å². The second-order valence-corrected chi connectivity index (χ2v) is 5.05. The van der Waals surface area contributed by atoms with Gasteiger partial charge in [-0.15, -0.1) is 0 Å². The highest BCUT2D eigenvalue weighted by Crippen LogP contribution is 2.22. The average molecular weight is 284 g/mol. The molecule has 2 aromatic rings. The SMILES string of the molecule is COc1cc(=O)n(-c2ccccc2)cc1C(=O)NC1CC1. The summed E-state index contributed by atoms with van der Waals surface area (Å²) in [4.78, 5) is 24.4. The van der Waals surface area contributed by atoms with Gasteiger partial charge in [0.1, 0.15) is 5.75 Å². The van der Waals surface area contributed by atoms with Crippen molar-refractivity contribution in [3.63, 3.8) is 0 Å². The van der Waals surface area contributed by atoms with Gasteiger partial charge in [0.05, 0.1) is 12.7 Å². The van der Waals surface area contributed by atoms with Crippen LogP contribution < -0.4 is 15.6 Å². The zero-order valence-corrected chi connectivity index (χ0v) is 11.7. The number of carbonyl (C=O) groups excluding carboxylic acids is 1. The Morgan fingerprint density at radius 1 is 1.29 bits per heavy atom. The molecule has 5 heteroatoms. The van der Waals surface area contributed by atoms with E-state index >= 15 is 0 Å². The van der Waals surface area contributed by atoms with Gasteiger partial charge in [0.25, 0.3) is 11.5 Å². The Morgan fingerprint density at radius 3 is 2.62 bits per heavy atom. The number of pyridine rings is 1. The summed E-state index contributed by atoms with van der Waals surface area (Å²) in [6.45, 7) is 0. The Balaban J connectivity index is 2.05. The largest absolute Gasteiger partial charge is 0.496 e. The zero-order chi connectivity index (χ0) is 14.8. The molecule has 0 atom stereocenters. The third-order valence-electron chi connectivity index (χ3n) is 3.43. The average Bonchev–Trinajstić information content (AvgIpc) is 3.31. The molecule has 108 valence electrons. The van der Waals surface area contributed by atoms with Gasteiger partial charge in [-0.3, -0.25) is 14.2 Å². The molecule has 0 aliphatic heterocycles. The second-order valence-electron chi connectivity index (χ2n) is 5.05. The first-order valence-corrected chi connectivity index (χ1v) is 6.86. The van der Waals surface area contributed by atoms with Gasteiger partial charge in [0.2, 0.25) is 0 Å². The molecular weight excluding hydrogens is 268 g/mol. The maximum Gasteiger partial charge on any atom is 0.258 e. The van der Waals surface area contributed by atoms with Crippen LogP contribution in [0, 0.1) is 0 Å². The molecule has 1 saturated carbocycles. The summed E-state index contributed by atoms with van der Waals surface area (Å²) in [7, 11) is 1.45. The van der Waals surface area contributed by atoms with Gasteiger partial charge >= 0.3 is 0 Å². The van der Waals surface area contributed by atoms with Crippen LogP contribution in [0.1, 0.15) is 23.2 Å². The topological polar surface area (TPSA) is 60.3 Å². The van der Waals surface area contributed by atoms with Crippen molar-refractivity contribution in [3.05, 3.63) is 58.5 Å². The van der Waals surface area contributed by atoms with E-state index in [1.165, 1.54) is 23.9 Å². The predicted molar refractivity (Wildman–Crippen MR) is 79.1 cm³/mol. The Bertz CT molecular complexity index is 718. The summed E-state index contributed by atoms with van der Waals surface area (Å²) >= 11 is 0. The van der Waals surface area contributed by atoms with E-state index < -0.39 is 0 Å². The van der Waals surface area contributed by atoms with Gasteiger partial charge in [-0.25, -0.2) is 0 Å². The highest BCUT2D eigenvalue weighted by Gasteiger charge is 2.25. The first kappa shape index (κ1) is 13.4. The number of ether oxygens (including phenoxy) is 1. The molecule has 1 amide bonds. The normalized spacial score (nSPS) is 13.8. The molecule has 0 saturated heterocycles. The van der Waals surface area contributed by atoms with Crippen molar-refractivity contribution >= 4 is 5.91 Å². The van der Waals surface area contributed by atoms with E-state index in [1.807, 2.05) is 30.3 Å². The second kappa shape index (κ2) is 5.44. The molecule has 1 fully saturated rings. The van der Waals surface area contributed by atoms with E-state index in [9.17, 15) is 9.59 Å². The Hall–Kier alpha value is -2.56. The van der Waals surface area contributed by atoms with E-state index in [2.05, 4.69) is 5.32 Å². The van der Waals surface area contributed by atoms with Gasteiger partial charge < -0.3 is 10.1 Å². The number of nitrogens with one attached hydrogen (secondary N) is 1. The maximum absolute atomic E-state index is 12.3. The molecule has 1 heterocycles. The minimum absolute atomic E-state index is 0.209. The highest BCUT2D eigenvalue weighted by molar-refractivity contribution is 5.97. The molecule has 0 radical (unpaired) electrons. The van der Waals surface area contributed by atoms with Gasteiger partial charge in [0.15, 0.2) is 0 Å². The number of nitrogens with zero attached hydrogens (tertiary/aromatic N) is 1. The lowest BCUT2D eigenvalue weighted by Gasteiger charge is -2.12. The fourth-order valence-corrected chi connectivity index (χ4v) is 2.14. The molecule has 21 heavy (non-hydrogen) atoms. The zero-order valence-electron chi connectivity index (χ0n) is 11.7. The van der Waals surface area contributed by atoms with Crippen LogP contribution in [0.3, 0.4) is 0 Å². The minimum atomic E-state index is -0.235. The van der Waals surface area contributed by atoms with Gasteiger partial charge in [-0.1, -0.05) is 18.2 Å².